The molecule has 12 heavy (non-hydrogen) atoms. The Morgan fingerprint density at radius 2 is 2.17 bits per heavy atom. The molecule has 1 aliphatic rings. The molecule has 0 N–H and O–H groups in total. The van der Waals surface area contributed by atoms with Crippen LogP contribution in [0.15, 0.2) is 10.6 Å². The maximum absolute atomic E-state index is 5.27. The molecule has 0 saturated carbocycles. The molecular formula is C9H13NO2. The molecule has 1 saturated heterocycles. The topological polar surface area (TPSA) is 35.3 Å². The Hall–Kier alpha value is -0.830. The zero-order valence-corrected chi connectivity index (χ0v) is 7.25. The fraction of sp³-hybridized carbons (Fsp3) is 0.667. The highest BCUT2D eigenvalue weighted by Gasteiger charge is 2.19. The van der Waals surface area contributed by atoms with Gasteiger partial charge in [0.25, 0.3) is 0 Å². The van der Waals surface area contributed by atoms with Gasteiger partial charge in [-0.3, -0.25) is 0 Å². The van der Waals surface area contributed by atoms with Crippen LogP contribution in [0.5, 0.6) is 0 Å². The van der Waals surface area contributed by atoms with Crippen molar-refractivity contribution in [2.75, 3.05) is 13.2 Å². The van der Waals surface area contributed by atoms with Crippen LogP contribution in [-0.2, 0) is 4.74 Å². The Kier molecular flexibility index (Phi) is 2.13. The number of rotatable bonds is 1. The molecule has 0 unspecified atom stereocenters. The van der Waals surface area contributed by atoms with Gasteiger partial charge < -0.3 is 9.26 Å². The zero-order chi connectivity index (χ0) is 8.39. The third kappa shape index (κ3) is 1.50. The summed E-state index contributed by atoms with van der Waals surface area (Å²) in [5.74, 6) is 1.55. The number of ether oxygens (including phenoxy) is 1. The number of aromatic nitrogens is 1. The van der Waals surface area contributed by atoms with Crippen LogP contribution in [0.25, 0.3) is 0 Å². The van der Waals surface area contributed by atoms with Crippen LogP contribution in [-0.4, -0.2) is 18.4 Å². The van der Waals surface area contributed by atoms with E-state index in [1.54, 1.807) is 0 Å². The lowest BCUT2D eigenvalue weighted by atomic mass is 9.97. The van der Waals surface area contributed by atoms with Gasteiger partial charge >= 0.3 is 0 Å². The van der Waals surface area contributed by atoms with Gasteiger partial charge in [-0.15, -0.1) is 0 Å². The van der Waals surface area contributed by atoms with E-state index in [4.69, 9.17) is 9.26 Å². The highest BCUT2D eigenvalue weighted by atomic mass is 16.5. The van der Waals surface area contributed by atoms with Gasteiger partial charge in [-0.05, 0) is 19.8 Å². The molecule has 3 nitrogen and oxygen atoms in total. The molecular weight excluding hydrogens is 154 g/mol. The third-order valence-corrected chi connectivity index (χ3v) is 2.27. The van der Waals surface area contributed by atoms with E-state index in [-0.39, 0.29) is 0 Å². The molecule has 1 aromatic heterocycles. The first kappa shape index (κ1) is 7.80. The first-order valence-corrected chi connectivity index (χ1v) is 4.37. The molecule has 1 aromatic rings. The van der Waals surface area contributed by atoms with Crippen LogP contribution in [0.4, 0.5) is 0 Å². The number of hydrogen-bond acceptors (Lipinski definition) is 3. The normalized spacial score (nSPS) is 19.8. The standard InChI is InChI=1S/C9H13NO2/c1-7-6-9(12-10-7)8-2-4-11-5-3-8/h6,8H,2-5H2,1H3. The van der Waals surface area contributed by atoms with E-state index in [9.17, 15) is 0 Å². The van der Waals surface area contributed by atoms with Gasteiger partial charge in [-0.1, -0.05) is 5.16 Å². The van der Waals surface area contributed by atoms with Crippen LogP contribution in [0.1, 0.15) is 30.2 Å². The minimum absolute atomic E-state index is 0.528. The van der Waals surface area contributed by atoms with Crippen molar-refractivity contribution in [3.8, 4) is 0 Å². The van der Waals surface area contributed by atoms with Gasteiger partial charge in [0, 0.05) is 25.2 Å². The summed E-state index contributed by atoms with van der Waals surface area (Å²) in [6.45, 7) is 3.65. The summed E-state index contributed by atoms with van der Waals surface area (Å²) in [7, 11) is 0. The van der Waals surface area contributed by atoms with E-state index in [2.05, 4.69) is 5.16 Å². The minimum Gasteiger partial charge on any atom is -0.381 e. The van der Waals surface area contributed by atoms with Crippen molar-refractivity contribution >= 4 is 0 Å². The summed E-state index contributed by atoms with van der Waals surface area (Å²) < 4.78 is 10.5. The third-order valence-electron chi connectivity index (χ3n) is 2.27. The predicted octanol–water partition coefficient (Wildman–Crippen LogP) is 1.88. The van der Waals surface area contributed by atoms with Gasteiger partial charge in [0.1, 0.15) is 5.76 Å². The second-order valence-corrected chi connectivity index (χ2v) is 3.26. The lowest BCUT2D eigenvalue weighted by Crippen LogP contribution is -2.13. The Morgan fingerprint density at radius 3 is 2.75 bits per heavy atom. The van der Waals surface area contributed by atoms with E-state index in [0.717, 1.165) is 37.5 Å². The molecule has 0 aromatic carbocycles. The number of nitrogens with zero attached hydrogens (tertiary/aromatic N) is 1. The van der Waals surface area contributed by atoms with Gasteiger partial charge in [0.05, 0.1) is 5.69 Å². The molecule has 2 heterocycles. The average Bonchev–Trinajstić information content (AvgIpc) is 2.54. The van der Waals surface area contributed by atoms with Gasteiger partial charge in [0.2, 0.25) is 0 Å². The molecule has 3 heteroatoms. The van der Waals surface area contributed by atoms with E-state index < -0.39 is 0 Å². The molecule has 0 atom stereocenters. The van der Waals surface area contributed by atoms with Crippen LogP contribution >= 0.6 is 0 Å². The lowest BCUT2D eigenvalue weighted by Gasteiger charge is -2.18. The maximum atomic E-state index is 5.27. The SMILES string of the molecule is Cc1cc(C2CCOCC2)on1. The Labute approximate surface area is 71.7 Å². The van der Waals surface area contributed by atoms with Gasteiger partial charge in [0.15, 0.2) is 0 Å². The second-order valence-electron chi connectivity index (χ2n) is 3.26. The predicted molar refractivity (Wildman–Crippen MR) is 44.0 cm³/mol. The van der Waals surface area contributed by atoms with Crippen LogP contribution in [0.3, 0.4) is 0 Å². The highest BCUT2D eigenvalue weighted by molar-refractivity contribution is 5.08. The van der Waals surface area contributed by atoms with Gasteiger partial charge in [-0.25, -0.2) is 0 Å². The first-order chi connectivity index (χ1) is 5.86. The maximum Gasteiger partial charge on any atom is 0.140 e. The molecule has 1 aliphatic heterocycles. The summed E-state index contributed by atoms with van der Waals surface area (Å²) >= 11 is 0. The fourth-order valence-corrected chi connectivity index (χ4v) is 1.56. The van der Waals surface area contributed by atoms with E-state index in [1.807, 2.05) is 13.0 Å². The molecule has 0 radical (unpaired) electrons. The monoisotopic (exact) mass is 167 g/mol. The average molecular weight is 167 g/mol. The van der Waals surface area contributed by atoms with Crippen molar-refractivity contribution in [1.82, 2.24) is 5.16 Å². The summed E-state index contributed by atoms with van der Waals surface area (Å²) in [5, 5.41) is 3.88. The van der Waals surface area contributed by atoms with Crippen molar-refractivity contribution in [2.24, 2.45) is 0 Å². The first-order valence-electron chi connectivity index (χ1n) is 4.37. The summed E-state index contributed by atoms with van der Waals surface area (Å²) in [5.41, 5.74) is 0.969. The van der Waals surface area contributed by atoms with Crippen molar-refractivity contribution < 1.29 is 9.26 Å². The molecule has 2 rings (SSSR count). The van der Waals surface area contributed by atoms with Crippen molar-refractivity contribution in [3.05, 3.63) is 17.5 Å². The number of hydrogen-bond donors (Lipinski definition) is 0. The fourth-order valence-electron chi connectivity index (χ4n) is 1.56. The van der Waals surface area contributed by atoms with Crippen LogP contribution < -0.4 is 0 Å². The Balaban J connectivity index is 2.08. The summed E-state index contributed by atoms with van der Waals surface area (Å²) in [4.78, 5) is 0. The molecule has 0 spiro atoms. The highest BCUT2D eigenvalue weighted by Crippen LogP contribution is 2.26. The van der Waals surface area contributed by atoms with Crippen LogP contribution in [0, 0.1) is 6.92 Å². The molecule has 0 aliphatic carbocycles. The molecule has 0 amide bonds. The smallest absolute Gasteiger partial charge is 0.140 e. The van der Waals surface area contributed by atoms with Crippen molar-refractivity contribution in [2.45, 2.75) is 25.7 Å². The summed E-state index contributed by atoms with van der Waals surface area (Å²) in [6.07, 6.45) is 2.13. The second kappa shape index (κ2) is 3.27. The quantitative estimate of drug-likeness (QED) is 0.640. The Bertz CT molecular complexity index is 251. The Morgan fingerprint density at radius 1 is 1.42 bits per heavy atom. The van der Waals surface area contributed by atoms with Gasteiger partial charge in [-0.2, -0.15) is 0 Å². The van der Waals surface area contributed by atoms with Crippen molar-refractivity contribution in [1.29, 1.82) is 0 Å². The van der Waals surface area contributed by atoms with E-state index in [0.29, 0.717) is 5.92 Å². The number of aryl methyl sites for hydroxylation is 1. The van der Waals surface area contributed by atoms with E-state index >= 15 is 0 Å². The minimum atomic E-state index is 0.528. The lowest BCUT2D eigenvalue weighted by molar-refractivity contribution is 0.0791. The van der Waals surface area contributed by atoms with Crippen LogP contribution in [0.2, 0.25) is 0 Å². The summed E-state index contributed by atoms with van der Waals surface area (Å²) in [6, 6.07) is 2.02. The zero-order valence-electron chi connectivity index (χ0n) is 7.25. The molecule has 1 fully saturated rings. The van der Waals surface area contributed by atoms with E-state index in [1.165, 1.54) is 0 Å². The largest absolute Gasteiger partial charge is 0.381 e. The molecule has 0 bridgehead atoms. The molecule has 66 valence electrons. The van der Waals surface area contributed by atoms with Crippen molar-refractivity contribution in [3.63, 3.8) is 0 Å².